The molecule has 2 N–H and O–H groups in total. The Balaban J connectivity index is 1.52. The molecule has 1 aromatic carbocycles. The van der Waals surface area contributed by atoms with Gasteiger partial charge in [-0.3, -0.25) is 4.68 Å². The van der Waals surface area contributed by atoms with Crippen LogP contribution in [0.5, 0.6) is 11.5 Å². The molecule has 7 nitrogen and oxygen atoms in total. The van der Waals surface area contributed by atoms with Crippen molar-refractivity contribution < 1.29 is 14.3 Å². The van der Waals surface area contributed by atoms with E-state index in [1.165, 1.54) is 0 Å². The Morgan fingerprint density at radius 3 is 2.76 bits per heavy atom. The van der Waals surface area contributed by atoms with Crippen molar-refractivity contribution in [2.24, 2.45) is 7.05 Å². The smallest absolute Gasteiger partial charge is 0.315 e. The molecule has 25 heavy (non-hydrogen) atoms. The van der Waals surface area contributed by atoms with E-state index in [1.54, 1.807) is 0 Å². The number of aryl methyl sites for hydroxylation is 2. The first kappa shape index (κ1) is 17.1. The average molecular weight is 344 g/mol. The van der Waals surface area contributed by atoms with Gasteiger partial charge in [0.25, 0.3) is 0 Å². The second-order valence-electron chi connectivity index (χ2n) is 6.28. The molecule has 0 aliphatic carbocycles. The molecule has 7 heteroatoms. The van der Waals surface area contributed by atoms with Gasteiger partial charge in [-0.1, -0.05) is 12.1 Å². The van der Waals surface area contributed by atoms with Crippen LogP contribution >= 0.6 is 0 Å². The predicted octanol–water partition coefficient (Wildman–Crippen LogP) is 2.24. The van der Waals surface area contributed by atoms with Gasteiger partial charge in [-0.25, -0.2) is 4.79 Å². The van der Waals surface area contributed by atoms with Gasteiger partial charge >= 0.3 is 6.03 Å². The number of ether oxygens (including phenoxy) is 2. The van der Waals surface area contributed by atoms with Crippen LogP contribution in [0.2, 0.25) is 0 Å². The number of carbonyl (C=O) groups excluding carboxylic acids is 1. The van der Waals surface area contributed by atoms with Crippen molar-refractivity contribution in [1.29, 1.82) is 0 Å². The molecule has 2 atom stereocenters. The fourth-order valence-electron chi connectivity index (χ4n) is 3.11. The molecule has 2 amide bonds. The summed E-state index contributed by atoms with van der Waals surface area (Å²) in [6.45, 7) is 6.68. The first-order chi connectivity index (χ1) is 12.0. The summed E-state index contributed by atoms with van der Waals surface area (Å²) in [5, 5.41) is 10.2. The Hall–Kier alpha value is -2.70. The fraction of sp³-hybridized carbons (Fsp3) is 0.444. The number of nitrogens with one attached hydrogen (secondary N) is 2. The van der Waals surface area contributed by atoms with Crippen molar-refractivity contribution >= 4 is 6.03 Å². The number of rotatable bonds is 4. The third-order valence-electron chi connectivity index (χ3n) is 4.40. The van der Waals surface area contributed by atoms with Crippen LogP contribution in [0.1, 0.15) is 29.9 Å². The van der Waals surface area contributed by atoms with Crippen molar-refractivity contribution in [3.05, 3.63) is 41.2 Å². The molecule has 2 heterocycles. The van der Waals surface area contributed by atoms with Crippen LogP contribution in [0.4, 0.5) is 4.79 Å². The SMILES string of the molecule is Cc1nn(C)c(C)c1[C@@H](C)NC(=O)NC[C@H]1COc2ccccc2O1. The summed E-state index contributed by atoms with van der Waals surface area (Å²) in [6.07, 6.45) is -0.210. The maximum absolute atomic E-state index is 12.2. The number of amides is 2. The van der Waals surface area contributed by atoms with Gasteiger partial charge in [-0.15, -0.1) is 0 Å². The number of carbonyl (C=O) groups is 1. The van der Waals surface area contributed by atoms with E-state index in [9.17, 15) is 4.79 Å². The van der Waals surface area contributed by atoms with E-state index < -0.39 is 0 Å². The molecule has 1 aliphatic rings. The van der Waals surface area contributed by atoms with Gasteiger partial charge in [-0.2, -0.15) is 5.10 Å². The second-order valence-corrected chi connectivity index (χ2v) is 6.28. The standard InChI is InChI=1S/C18H24N4O3/c1-11(17-12(2)21-22(4)13(17)3)20-18(23)19-9-14-10-24-15-7-5-6-8-16(15)25-14/h5-8,11,14H,9-10H2,1-4H3,(H2,19,20,23)/t11-,14+/m1/s1. The highest BCUT2D eigenvalue weighted by Gasteiger charge is 2.22. The molecule has 0 saturated heterocycles. The molecule has 1 aliphatic heterocycles. The highest BCUT2D eigenvalue weighted by molar-refractivity contribution is 5.74. The Morgan fingerprint density at radius 2 is 2.08 bits per heavy atom. The molecular weight excluding hydrogens is 320 g/mol. The normalized spacial score (nSPS) is 17.0. The van der Waals surface area contributed by atoms with Gasteiger partial charge in [0.1, 0.15) is 6.61 Å². The molecule has 3 rings (SSSR count). The maximum Gasteiger partial charge on any atom is 0.315 e. The Kier molecular flexibility index (Phi) is 4.83. The van der Waals surface area contributed by atoms with Crippen LogP contribution in [0.15, 0.2) is 24.3 Å². The number of hydrogen-bond acceptors (Lipinski definition) is 4. The van der Waals surface area contributed by atoms with Gasteiger partial charge in [0.2, 0.25) is 0 Å². The number of nitrogens with zero attached hydrogens (tertiary/aromatic N) is 2. The quantitative estimate of drug-likeness (QED) is 0.892. The summed E-state index contributed by atoms with van der Waals surface area (Å²) in [4.78, 5) is 12.2. The lowest BCUT2D eigenvalue weighted by Crippen LogP contribution is -2.45. The lowest BCUT2D eigenvalue weighted by Gasteiger charge is -2.26. The van der Waals surface area contributed by atoms with Gasteiger partial charge in [0.05, 0.1) is 18.3 Å². The van der Waals surface area contributed by atoms with Crippen molar-refractivity contribution in [2.45, 2.75) is 32.9 Å². The van der Waals surface area contributed by atoms with E-state index >= 15 is 0 Å². The van der Waals surface area contributed by atoms with E-state index in [2.05, 4.69) is 15.7 Å². The Bertz CT molecular complexity index is 772. The van der Waals surface area contributed by atoms with E-state index in [0.717, 1.165) is 22.7 Å². The van der Waals surface area contributed by atoms with Crippen LogP contribution in [-0.4, -0.2) is 35.1 Å². The van der Waals surface area contributed by atoms with Crippen LogP contribution in [0, 0.1) is 13.8 Å². The first-order valence-electron chi connectivity index (χ1n) is 8.38. The molecular formula is C18H24N4O3. The first-order valence-corrected chi connectivity index (χ1v) is 8.38. The van der Waals surface area contributed by atoms with Crippen LogP contribution < -0.4 is 20.1 Å². The zero-order chi connectivity index (χ0) is 18.0. The minimum atomic E-state index is -0.238. The molecule has 0 radical (unpaired) electrons. The number of aromatic nitrogens is 2. The van der Waals surface area contributed by atoms with Gasteiger partial charge in [-0.05, 0) is 32.9 Å². The Morgan fingerprint density at radius 1 is 1.36 bits per heavy atom. The van der Waals surface area contributed by atoms with Crippen molar-refractivity contribution in [1.82, 2.24) is 20.4 Å². The number of fused-ring (bicyclic) bond motifs is 1. The molecule has 0 saturated carbocycles. The van der Waals surface area contributed by atoms with E-state index in [0.29, 0.717) is 18.9 Å². The number of para-hydroxylation sites is 2. The minimum Gasteiger partial charge on any atom is -0.486 e. The van der Waals surface area contributed by atoms with Gasteiger partial charge in [0, 0.05) is 18.3 Å². The lowest BCUT2D eigenvalue weighted by molar-refractivity contribution is 0.0917. The van der Waals surface area contributed by atoms with Crippen molar-refractivity contribution in [3.63, 3.8) is 0 Å². The third-order valence-corrected chi connectivity index (χ3v) is 4.40. The minimum absolute atomic E-state index is 0.127. The van der Waals surface area contributed by atoms with Crippen molar-refractivity contribution in [3.8, 4) is 11.5 Å². The third kappa shape index (κ3) is 3.70. The van der Waals surface area contributed by atoms with Gasteiger partial charge < -0.3 is 20.1 Å². The fourth-order valence-corrected chi connectivity index (χ4v) is 3.11. The average Bonchev–Trinajstić information content (AvgIpc) is 2.85. The summed E-state index contributed by atoms with van der Waals surface area (Å²) >= 11 is 0. The summed E-state index contributed by atoms with van der Waals surface area (Å²) in [5.74, 6) is 1.44. The largest absolute Gasteiger partial charge is 0.486 e. The second kappa shape index (κ2) is 7.04. The van der Waals surface area contributed by atoms with E-state index in [4.69, 9.17) is 9.47 Å². The van der Waals surface area contributed by atoms with Crippen LogP contribution in [0.3, 0.4) is 0 Å². The topological polar surface area (TPSA) is 77.4 Å². The van der Waals surface area contributed by atoms with E-state index in [1.807, 2.05) is 56.8 Å². The molecule has 0 bridgehead atoms. The van der Waals surface area contributed by atoms with Gasteiger partial charge in [0.15, 0.2) is 17.6 Å². The zero-order valence-corrected chi connectivity index (χ0v) is 15.0. The summed E-state index contributed by atoms with van der Waals surface area (Å²) in [7, 11) is 1.90. The summed E-state index contributed by atoms with van der Waals surface area (Å²) in [5.41, 5.74) is 3.02. The number of urea groups is 1. The number of benzene rings is 1. The highest BCUT2D eigenvalue weighted by Crippen LogP contribution is 2.30. The summed E-state index contributed by atoms with van der Waals surface area (Å²) in [6, 6.07) is 7.16. The zero-order valence-electron chi connectivity index (χ0n) is 15.0. The van der Waals surface area contributed by atoms with Crippen LogP contribution in [0.25, 0.3) is 0 Å². The molecule has 0 spiro atoms. The molecule has 2 aromatic rings. The molecule has 134 valence electrons. The lowest BCUT2D eigenvalue weighted by atomic mass is 10.1. The Labute approximate surface area is 147 Å². The van der Waals surface area contributed by atoms with Crippen LogP contribution in [-0.2, 0) is 7.05 Å². The summed E-state index contributed by atoms with van der Waals surface area (Å²) < 4.78 is 13.3. The highest BCUT2D eigenvalue weighted by atomic mass is 16.6. The monoisotopic (exact) mass is 344 g/mol. The molecule has 0 fully saturated rings. The van der Waals surface area contributed by atoms with E-state index in [-0.39, 0.29) is 18.2 Å². The van der Waals surface area contributed by atoms with Crippen molar-refractivity contribution in [2.75, 3.05) is 13.2 Å². The molecule has 0 unspecified atom stereocenters. The number of hydrogen-bond donors (Lipinski definition) is 2. The predicted molar refractivity (Wildman–Crippen MR) is 94.0 cm³/mol. The molecule has 1 aromatic heterocycles. The maximum atomic E-state index is 12.2.